The van der Waals surface area contributed by atoms with E-state index in [9.17, 15) is 0 Å². The molecule has 0 saturated heterocycles. The average Bonchev–Trinajstić information content (AvgIpc) is 2.45. The molecule has 0 saturated carbocycles. The molecule has 114 valence electrons. The number of benzene rings is 1. The van der Waals surface area contributed by atoms with Crippen molar-refractivity contribution in [2.24, 2.45) is 0 Å². The van der Waals surface area contributed by atoms with Crippen LogP contribution in [0, 0.1) is 3.57 Å². The van der Waals surface area contributed by atoms with E-state index in [2.05, 4.69) is 34.0 Å². The van der Waals surface area contributed by atoms with Crippen LogP contribution >= 0.6 is 22.6 Å². The summed E-state index contributed by atoms with van der Waals surface area (Å²) in [6.07, 6.45) is 0. The average molecular weight is 395 g/mol. The molecule has 5 nitrogen and oxygen atoms in total. The molecule has 0 bridgehead atoms. The van der Waals surface area contributed by atoms with Gasteiger partial charge < -0.3 is 24.3 Å². The smallest absolute Gasteiger partial charge is 0.174 e. The summed E-state index contributed by atoms with van der Waals surface area (Å²) in [6.45, 7) is 3.51. The number of halogens is 1. The molecule has 0 unspecified atom stereocenters. The summed E-state index contributed by atoms with van der Waals surface area (Å²) in [7, 11) is 4.96. The minimum absolute atomic E-state index is 0.631. The van der Waals surface area contributed by atoms with Crippen molar-refractivity contribution in [2.45, 2.75) is 6.54 Å². The third-order valence-electron chi connectivity index (χ3n) is 2.68. The van der Waals surface area contributed by atoms with Gasteiger partial charge in [-0.05, 0) is 40.3 Å². The predicted octanol–water partition coefficient (Wildman–Crippen LogP) is 2.06. The number of hydrogen-bond donors (Lipinski definition) is 1. The molecule has 1 rings (SSSR count). The van der Waals surface area contributed by atoms with Crippen molar-refractivity contribution in [1.82, 2.24) is 5.32 Å². The molecule has 0 fully saturated rings. The van der Waals surface area contributed by atoms with Crippen LogP contribution in [0.5, 0.6) is 11.5 Å². The maximum atomic E-state index is 5.38. The molecule has 0 aromatic heterocycles. The van der Waals surface area contributed by atoms with Gasteiger partial charge in [0.05, 0.1) is 37.6 Å². The third kappa shape index (κ3) is 5.82. The van der Waals surface area contributed by atoms with E-state index >= 15 is 0 Å². The number of ether oxygens (including phenoxy) is 4. The fraction of sp³-hybridized carbons (Fsp3) is 0.571. The van der Waals surface area contributed by atoms with Gasteiger partial charge in [-0.3, -0.25) is 0 Å². The highest BCUT2D eigenvalue weighted by Gasteiger charge is 2.09. The van der Waals surface area contributed by atoms with Gasteiger partial charge >= 0.3 is 0 Å². The molecule has 0 heterocycles. The summed E-state index contributed by atoms with van der Waals surface area (Å²) in [4.78, 5) is 0. The van der Waals surface area contributed by atoms with Crippen molar-refractivity contribution in [3.8, 4) is 11.5 Å². The van der Waals surface area contributed by atoms with Crippen LogP contribution in [0.4, 0.5) is 0 Å². The second kappa shape index (κ2) is 10.2. The van der Waals surface area contributed by atoms with Crippen LogP contribution < -0.4 is 14.8 Å². The maximum absolute atomic E-state index is 5.38. The summed E-state index contributed by atoms with van der Waals surface area (Å²) in [6, 6.07) is 4.07. The Morgan fingerprint density at radius 2 is 1.85 bits per heavy atom. The molecule has 0 atom stereocenters. The zero-order valence-electron chi connectivity index (χ0n) is 12.2. The van der Waals surface area contributed by atoms with E-state index in [1.54, 1.807) is 21.3 Å². The van der Waals surface area contributed by atoms with Gasteiger partial charge in [0.2, 0.25) is 0 Å². The number of rotatable bonds is 10. The van der Waals surface area contributed by atoms with Crippen molar-refractivity contribution < 1.29 is 18.9 Å². The fourth-order valence-corrected chi connectivity index (χ4v) is 2.58. The summed E-state index contributed by atoms with van der Waals surface area (Å²) >= 11 is 2.25. The molecule has 0 spiro atoms. The van der Waals surface area contributed by atoms with Crippen LogP contribution in [0.2, 0.25) is 0 Å². The third-order valence-corrected chi connectivity index (χ3v) is 3.48. The lowest BCUT2D eigenvalue weighted by Crippen LogP contribution is -2.20. The highest BCUT2D eigenvalue weighted by molar-refractivity contribution is 14.1. The Kier molecular flexibility index (Phi) is 8.92. The van der Waals surface area contributed by atoms with E-state index in [1.807, 2.05) is 6.07 Å². The van der Waals surface area contributed by atoms with Crippen molar-refractivity contribution in [3.05, 3.63) is 21.3 Å². The van der Waals surface area contributed by atoms with E-state index in [1.165, 1.54) is 0 Å². The standard InChI is InChI=1S/C14H22INO4/c1-17-6-7-20-5-4-16-10-11-8-12(15)14(19-3)13(9-11)18-2/h8-9,16H,4-7,10H2,1-3H3. The minimum Gasteiger partial charge on any atom is -0.493 e. The number of methoxy groups -OCH3 is 3. The molecule has 1 aromatic carbocycles. The first-order valence-corrected chi connectivity index (χ1v) is 7.48. The lowest BCUT2D eigenvalue weighted by Gasteiger charge is -2.12. The first-order valence-electron chi connectivity index (χ1n) is 6.40. The molecule has 1 aromatic rings. The van der Waals surface area contributed by atoms with Crippen LogP contribution in [-0.4, -0.2) is 47.7 Å². The maximum Gasteiger partial charge on any atom is 0.174 e. The van der Waals surface area contributed by atoms with Gasteiger partial charge in [-0.1, -0.05) is 0 Å². The minimum atomic E-state index is 0.631. The van der Waals surface area contributed by atoms with Crippen LogP contribution in [0.25, 0.3) is 0 Å². The molecule has 0 aliphatic carbocycles. The zero-order chi connectivity index (χ0) is 14.8. The van der Waals surface area contributed by atoms with Gasteiger partial charge in [0, 0.05) is 20.2 Å². The largest absolute Gasteiger partial charge is 0.493 e. The fourth-order valence-electron chi connectivity index (χ4n) is 1.69. The first kappa shape index (κ1) is 17.5. The van der Waals surface area contributed by atoms with Crippen LogP contribution in [-0.2, 0) is 16.0 Å². The number of nitrogens with one attached hydrogen (secondary N) is 1. The lowest BCUT2D eigenvalue weighted by molar-refractivity contribution is 0.0719. The molecular weight excluding hydrogens is 373 g/mol. The first-order chi connectivity index (χ1) is 9.72. The van der Waals surface area contributed by atoms with Gasteiger partial charge in [-0.25, -0.2) is 0 Å². The van der Waals surface area contributed by atoms with Crippen LogP contribution in [0.1, 0.15) is 5.56 Å². The Hall–Kier alpha value is -0.570. The van der Waals surface area contributed by atoms with Crippen LogP contribution in [0.15, 0.2) is 12.1 Å². The second-order valence-corrected chi connectivity index (χ2v) is 5.26. The van der Waals surface area contributed by atoms with Crippen LogP contribution in [0.3, 0.4) is 0 Å². The topological polar surface area (TPSA) is 49.0 Å². The van der Waals surface area contributed by atoms with Gasteiger partial charge in [-0.15, -0.1) is 0 Å². The van der Waals surface area contributed by atoms with E-state index in [-0.39, 0.29) is 0 Å². The monoisotopic (exact) mass is 395 g/mol. The molecule has 0 aliphatic heterocycles. The van der Waals surface area contributed by atoms with Gasteiger partial charge in [-0.2, -0.15) is 0 Å². The predicted molar refractivity (Wildman–Crippen MR) is 86.7 cm³/mol. The van der Waals surface area contributed by atoms with E-state index in [0.717, 1.165) is 33.7 Å². The Morgan fingerprint density at radius 1 is 1.05 bits per heavy atom. The quantitative estimate of drug-likeness (QED) is 0.486. The molecular formula is C14H22INO4. The van der Waals surface area contributed by atoms with E-state index in [0.29, 0.717) is 19.8 Å². The normalized spacial score (nSPS) is 10.6. The molecule has 0 radical (unpaired) electrons. The Bertz CT molecular complexity index is 401. The van der Waals surface area contributed by atoms with Gasteiger partial charge in [0.25, 0.3) is 0 Å². The summed E-state index contributed by atoms with van der Waals surface area (Å²) in [5, 5.41) is 3.33. The highest BCUT2D eigenvalue weighted by Crippen LogP contribution is 2.33. The van der Waals surface area contributed by atoms with Crippen molar-refractivity contribution in [1.29, 1.82) is 0 Å². The Balaban J connectivity index is 2.39. The van der Waals surface area contributed by atoms with E-state index in [4.69, 9.17) is 18.9 Å². The molecule has 6 heteroatoms. The van der Waals surface area contributed by atoms with Crippen molar-refractivity contribution >= 4 is 22.6 Å². The highest BCUT2D eigenvalue weighted by atomic mass is 127. The lowest BCUT2D eigenvalue weighted by atomic mass is 10.2. The van der Waals surface area contributed by atoms with Crippen molar-refractivity contribution in [2.75, 3.05) is 47.7 Å². The summed E-state index contributed by atoms with van der Waals surface area (Å²) in [5.74, 6) is 1.53. The SMILES string of the molecule is COCCOCCNCc1cc(I)c(OC)c(OC)c1. The summed E-state index contributed by atoms with van der Waals surface area (Å²) in [5.41, 5.74) is 1.16. The van der Waals surface area contributed by atoms with E-state index < -0.39 is 0 Å². The molecule has 1 N–H and O–H groups in total. The van der Waals surface area contributed by atoms with Gasteiger partial charge in [0.1, 0.15) is 0 Å². The second-order valence-electron chi connectivity index (χ2n) is 4.10. The van der Waals surface area contributed by atoms with Crippen molar-refractivity contribution in [3.63, 3.8) is 0 Å². The Labute approximate surface area is 134 Å². The Morgan fingerprint density at radius 3 is 2.50 bits per heavy atom. The molecule has 20 heavy (non-hydrogen) atoms. The molecule has 0 amide bonds. The number of hydrogen-bond acceptors (Lipinski definition) is 5. The zero-order valence-corrected chi connectivity index (χ0v) is 14.4. The summed E-state index contributed by atoms with van der Waals surface area (Å²) < 4.78 is 22.0. The van der Waals surface area contributed by atoms with Gasteiger partial charge in [0.15, 0.2) is 11.5 Å². The molecule has 0 aliphatic rings.